The maximum absolute atomic E-state index is 12.7. The van der Waals surface area contributed by atoms with Gasteiger partial charge in [0.1, 0.15) is 18.0 Å². The average molecular weight is 402 g/mol. The highest BCUT2D eigenvalue weighted by atomic mass is 35.5. The number of benzene rings is 2. The van der Waals surface area contributed by atoms with Gasteiger partial charge in [-0.2, -0.15) is 0 Å². The number of halogens is 1. The van der Waals surface area contributed by atoms with Crippen LogP contribution in [-0.2, 0) is 11.2 Å². The lowest BCUT2D eigenvalue weighted by Crippen LogP contribution is -2.38. The lowest BCUT2D eigenvalue weighted by molar-refractivity contribution is -0.130. The van der Waals surface area contributed by atoms with Crippen molar-refractivity contribution in [3.63, 3.8) is 0 Å². The van der Waals surface area contributed by atoms with Gasteiger partial charge in [-0.3, -0.25) is 4.79 Å². The molecule has 2 aromatic carbocycles. The van der Waals surface area contributed by atoms with E-state index in [-0.39, 0.29) is 12.5 Å². The fourth-order valence-corrected chi connectivity index (χ4v) is 3.76. The van der Waals surface area contributed by atoms with Crippen LogP contribution in [0.3, 0.4) is 0 Å². The van der Waals surface area contributed by atoms with Gasteiger partial charge in [0.2, 0.25) is 5.91 Å². The topological polar surface area (TPSA) is 49.8 Å². The lowest BCUT2D eigenvalue weighted by atomic mass is 9.96. The van der Waals surface area contributed by atoms with Crippen molar-refractivity contribution < 1.29 is 14.6 Å². The maximum atomic E-state index is 12.7. The van der Waals surface area contributed by atoms with Gasteiger partial charge in [-0.15, -0.1) is 0 Å². The van der Waals surface area contributed by atoms with Gasteiger partial charge in [0.25, 0.3) is 0 Å². The predicted molar refractivity (Wildman–Crippen MR) is 112 cm³/mol. The minimum atomic E-state index is -0.954. The first-order chi connectivity index (χ1) is 13.4. The Balaban J connectivity index is 1.58. The van der Waals surface area contributed by atoms with Crippen molar-refractivity contribution in [2.45, 2.75) is 45.1 Å². The van der Waals surface area contributed by atoms with Gasteiger partial charge in [-0.1, -0.05) is 41.9 Å². The first kappa shape index (κ1) is 20.7. The molecule has 5 heteroatoms. The van der Waals surface area contributed by atoms with Gasteiger partial charge in [-0.25, -0.2) is 0 Å². The second-order valence-corrected chi connectivity index (χ2v) is 8.19. The van der Waals surface area contributed by atoms with Crippen LogP contribution in [0, 0.1) is 13.8 Å². The van der Waals surface area contributed by atoms with Crippen LogP contribution in [0.5, 0.6) is 5.75 Å². The SMILES string of the molecule is Cc1ccc(Cl)c(OCC2(O)CCCN(C(=O)Cc3ccccc3C)CC2)c1. The zero-order valence-corrected chi connectivity index (χ0v) is 17.3. The molecule has 1 saturated heterocycles. The second-order valence-electron chi connectivity index (χ2n) is 7.78. The van der Waals surface area contributed by atoms with Gasteiger partial charge in [0.15, 0.2) is 0 Å². The van der Waals surface area contributed by atoms with Gasteiger partial charge in [0, 0.05) is 13.1 Å². The van der Waals surface area contributed by atoms with E-state index in [0.29, 0.717) is 43.1 Å². The first-order valence-corrected chi connectivity index (χ1v) is 10.2. The zero-order chi connectivity index (χ0) is 20.1. The molecule has 28 heavy (non-hydrogen) atoms. The largest absolute Gasteiger partial charge is 0.489 e. The van der Waals surface area contributed by atoms with Crippen LogP contribution < -0.4 is 4.74 Å². The van der Waals surface area contributed by atoms with E-state index in [9.17, 15) is 9.90 Å². The molecule has 1 amide bonds. The van der Waals surface area contributed by atoms with Crippen molar-refractivity contribution in [3.05, 3.63) is 64.2 Å². The molecule has 1 heterocycles. The van der Waals surface area contributed by atoms with E-state index in [1.54, 1.807) is 6.07 Å². The minimum Gasteiger partial charge on any atom is -0.489 e. The van der Waals surface area contributed by atoms with Crippen LogP contribution in [0.15, 0.2) is 42.5 Å². The third kappa shape index (κ3) is 5.27. The van der Waals surface area contributed by atoms with Crippen LogP contribution in [0.4, 0.5) is 0 Å². The number of carbonyl (C=O) groups is 1. The fourth-order valence-electron chi connectivity index (χ4n) is 3.59. The number of ether oxygens (including phenoxy) is 1. The number of aliphatic hydroxyl groups is 1. The highest BCUT2D eigenvalue weighted by Gasteiger charge is 2.32. The van der Waals surface area contributed by atoms with Gasteiger partial charge < -0.3 is 14.7 Å². The van der Waals surface area contributed by atoms with Crippen LogP contribution >= 0.6 is 11.6 Å². The molecule has 0 radical (unpaired) electrons. The summed E-state index contributed by atoms with van der Waals surface area (Å²) < 4.78 is 5.84. The normalized spacial score (nSPS) is 19.9. The van der Waals surface area contributed by atoms with Crippen molar-refractivity contribution in [2.24, 2.45) is 0 Å². The highest BCUT2D eigenvalue weighted by molar-refractivity contribution is 6.32. The Bertz CT molecular complexity index is 838. The fraction of sp³-hybridized carbons (Fsp3) is 0.435. The van der Waals surface area contributed by atoms with Crippen LogP contribution in [0.2, 0.25) is 5.02 Å². The molecule has 1 N–H and O–H groups in total. The number of amides is 1. The summed E-state index contributed by atoms with van der Waals surface area (Å²) in [6.07, 6.45) is 2.25. The molecule has 1 aliphatic rings. The molecule has 1 fully saturated rings. The summed E-state index contributed by atoms with van der Waals surface area (Å²) in [6, 6.07) is 13.6. The molecule has 0 bridgehead atoms. The Morgan fingerprint density at radius 2 is 1.96 bits per heavy atom. The van der Waals surface area contributed by atoms with Crippen molar-refractivity contribution in [1.29, 1.82) is 0 Å². The number of hydrogen-bond acceptors (Lipinski definition) is 3. The predicted octanol–water partition coefficient (Wildman–Crippen LogP) is 4.32. The van der Waals surface area contributed by atoms with Gasteiger partial charge in [-0.05, 0) is 61.9 Å². The van der Waals surface area contributed by atoms with Crippen LogP contribution in [0.25, 0.3) is 0 Å². The summed E-state index contributed by atoms with van der Waals surface area (Å²) in [4.78, 5) is 14.6. The zero-order valence-electron chi connectivity index (χ0n) is 16.6. The summed E-state index contributed by atoms with van der Waals surface area (Å²) in [6.45, 7) is 5.37. The molecule has 2 aromatic rings. The Morgan fingerprint density at radius 1 is 1.18 bits per heavy atom. The summed E-state index contributed by atoms with van der Waals surface area (Å²) in [5.74, 6) is 0.702. The quantitative estimate of drug-likeness (QED) is 0.811. The number of hydrogen-bond donors (Lipinski definition) is 1. The summed E-state index contributed by atoms with van der Waals surface area (Å²) in [5, 5.41) is 11.5. The number of likely N-dealkylation sites (tertiary alicyclic amines) is 1. The molecule has 4 nitrogen and oxygen atoms in total. The van der Waals surface area contributed by atoms with Crippen molar-refractivity contribution in [2.75, 3.05) is 19.7 Å². The maximum Gasteiger partial charge on any atom is 0.227 e. The van der Waals surface area contributed by atoms with Gasteiger partial charge in [0.05, 0.1) is 11.4 Å². The molecule has 3 rings (SSSR count). The minimum absolute atomic E-state index is 0.112. The molecule has 0 saturated carbocycles. The third-order valence-corrected chi connectivity index (χ3v) is 5.77. The highest BCUT2D eigenvalue weighted by Crippen LogP contribution is 2.29. The number of aryl methyl sites for hydroxylation is 2. The van der Waals surface area contributed by atoms with Crippen molar-refractivity contribution in [1.82, 2.24) is 4.90 Å². The Hall–Kier alpha value is -2.04. The number of carbonyl (C=O) groups excluding carboxylic acids is 1. The Morgan fingerprint density at radius 3 is 2.75 bits per heavy atom. The molecule has 0 aliphatic carbocycles. The van der Waals surface area contributed by atoms with E-state index in [2.05, 4.69) is 0 Å². The Kier molecular flexibility index (Phi) is 6.63. The van der Waals surface area contributed by atoms with E-state index < -0.39 is 5.60 Å². The van der Waals surface area contributed by atoms with E-state index in [0.717, 1.165) is 23.1 Å². The molecular weight excluding hydrogens is 374 g/mol. The number of nitrogens with zero attached hydrogens (tertiary/aromatic N) is 1. The monoisotopic (exact) mass is 401 g/mol. The third-order valence-electron chi connectivity index (χ3n) is 5.46. The van der Waals surface area contributed by atoms with Crippen LogP contribution in [-0.4, -0.2) is 41.2 Å². The van der Waals surface area contributed by atoms with E-state index >= 15 is 0 Å². The summed E-state index contributed by atoms with van der Waals surface area (Å²) in [7, 11) is 0. The van der Waals surface area contributed by atoms with Crippen LogP contribution in [0.1, 0.15) is 36.0 Å². The molecule has 150 valence electrons. The van der Waals surface area contributed by atoms with E-state index in [1.165, 1.54) is 0 Å². The second kappa shape index (κ2) is 8.97. The van der Waals surface area contributed by atoms with Crippen molar-refractivity contribution >= 4 is 17.5 Å². The lowest BCUT2D eigenvalue weighted by Gasteiger charge is -2.27. The molecule has 1 unspecified atom stereocenters. The molecular formula is C23H28ClNO3. The smallest absolute Gasteiger partial charge is 0.227 e. The summed E-state index contributed by atoms with van der Waals surface area (Å²) in [5.41, 5.74) is 2.29. The average Bonchev–Trinajstić information content (AvgIpc) is 2.87. The molecule has 1 atom stereocenters. The van der Waals surface area contributed by atoms with Gasteiger partial charge >= 0.3 is 0 Å². The summed E-state index contributed by atoms with van der Waals surface area (Å²) >= 11 is 6.19. The number of rotatable bonds is 5. The standard InChI is InChI=1S/C23H28ClNO3/c1-17-8-9-20(24)21(14-17)28-16-23(27)10-5-12-25(13-11-23)22(26)15-19-7-4-3-6-18(19)2/h3-4,6-9,14,27H,5,10-13,15-16H2,1-2H3. The van der Waals surface area contributed by atoms with E-state index in [4.69, 9.17) is 16.3 Å². The van der Waals surface area contributed by atoms with E-state index in [1.807, 2.05) is 55.1 Å². The molecule has 0 spiro atoms. The Labute approximate surface area is 172 Å². The molecule has 1 aliphatic heterocycles. The van der Waals surface area contributed by atoms with Crippen molar-refractivity contribution in [3.8, 4) is 5.75 Å². The molecule has 0 aromatic heterocycles. The first-order valence-electron chi connectivity index (χ1n) is 9.80.